The van der Waals surface area contributed by atoms with Crippen molar-refractivity contribution in [3.63, 3.8) is 0 Å². The fraction of sp³-hybridized carbons (Fsp3) is 0.267. The van der Waals surface area contributed by atoms with Crippen LogP contribution in [0, 0.1) is 13.8 Å². The first-order valence-electron chi connectivity index (χ1n) is 7.13. The van der Waals surface area contributed by atoms with Crippen LogP contribution < -0.4 is 5.32 Å². The monoisotopic (exact) mass is 329 g/mol. The van der Waals surface area contributed by atoms with Crippen molar-refractivity contribution in [1.29, 1.82) is 0 Å². The van der Waals surface area contributed by atoms with Gasteiger partial charge in [0.1, 0.15) is 5.76 Å². The largest absolute Gasteiger partial charge is 0.452 e. The third-order valence-corrected chi connectivity index (χ3v) is 3.33. The van der Waals surface area contributed by atoms with Gasteiger partial charge in [-0.2, -0.15) is 5.10 Å². The Kier molecular flexibility index (Phi) is 3.98. The van der Waals surface area contributed by atoms with Crippen LogP contribution in [0.5, 0.6) is 0 Å². The normalized spacial score (nSPS) is 10.8. The van der Waals surface area contributed by atoms with Crippen LogP contribution in [0.15, 0.2) is 22.9 Å². The molecular formula is C15H15N5O4. The predicted molar refractivity (Wildman–Crippen MR) is 83.4 cm³/mol. The number of carbonyl (C=O) groups is 2. The van der Waals surface area contributed by atoms with Gasteiger partial charge >= 0.3 is 5.97 Å². The molecule has 0 aliphatic heterocycles. The van der Waals surface area contributed by atoms with Crippen LogP contribution in [0.3, 0.4) is 0 Å². The standard InChI is InChI=1S/C15H15N5O4/c1-8-4-12(19-24-8)17-13(21)7-23-15(22)10-5-11-9(2)18-20(3)14(11)16-6-10/h4-6H,7H2,1-3H3,(H,17,19,21). The molecule has 0 bridgehead atoms. The van der Waals surface area contributed by atoms with Crippen molar-refractivity contribution < 1.29 is 18.8 Å². The van der Waals surface area contributed by atoms with Crippen molar-refractivity contribution in [2.45, 2.75) is 13.8 Å². The van der Waals surface area contributed by atoms with Crippen LogP contribution in [-0.2, 0) is 16.6 Å². The lowest BCUT2D eigenvalue weighted by atomic mass is 10.2. The summed E-state index contributed by atoms with van der Waals surface area (Å²) in [5, 5.41) is 11.1. The van der Waals surface area contributed by atoms with Gasteiger partial charge in [-0.3, -0.25) is 9.48 Å². The molecule has 1 N–H and O–H groups in total. The second-order valence-electron chi connectivity index (χ2n) is 5.25. The number of nitrogens with one attached hydrogen (secondary N) is 1. The second kappa shape index (κ2) is 6.11. The summed E-state index contributed by atoms with van der Waals surface area (Å²) in [5.41, 5.74) is 1.68. The molecule has 24 heavy (non-hydrogen) atoms. The number of nitrogens with zero attached hydrogens (tertiary/aromatic N) is 4. The van der Waals surface area contributed by atoms with Crippen LogP contribution in [0.25, 0.3) is 11.0 Å². The molecule has 0 aliphatic carbocycles. The smallest absolute Gasteiger partial charge is 0.340 e. The molecule has 3 aromatic rings. The minimum atomic E-state index is -0.640. The molecular weight excluding hydrogens is 314 g/mol. The van der Waals surface area contributed by atoms with Gasteiger partial charge in [0.15, 0.2) is 18.1 Å². The predicted octanol–water partition coefficient (Wildman–Crippen LogP) is 1.37. The Labute approximate surface area is 136 Å². The van der Waals surface area contributed by atoms with E-state index in [9.17, 15) is 9.59 Å². The summed E-state index contributed by atoms with van der Waals surface area (Å²) in [6, 6.07) is 3.20. The second-order valence-corrected chi connectivity index (χ2v) is 5.25. The lowest BCUT2D eigenvalue weighted by Gasteiger charge is -2.04. The Morgan fingerprint density at radius 2 is 2.12 bits per heavy atom. The maximum atomic E-state index is 12.1. The van der Waals surface area contributed by atoms with Gasteiger partial charge in [-0.1, -0.05) is 5.16 Å². The molecule has 0 aliphatic rings. The summed E-state index contributed by atoms with van der Waals surface area (Å²) in [6.07, 6.45) is 1.39. The summed E-state index contributed by atoms with van der Waals surface area (Å²) in [7, 11) is 1.77. The first kappa shape index (κ1) is 15.7. The lowest BCUT2D eigenvalue weighted by Crippen LogP contribution is -2.21. The van der Waals surface area contributed by atoms with Crippen LogP contribution in [-0.4, -0.2) is 38.4 Å². The molecule has 0 unspecified atom stereocenters. The SMILES string of the molecule is Cc1cc(NC(=O)COC(=O)c2cnc3c(c2)c(C)nn3C)no1. The molecule has 124 valence electrons. The number of fused-ring (bicyclic) bond motifs is 1. The highest BCUT2D eigenvalue weighted by Gasteiger charge is 2.15. The Balaban J connectivity index is 1.64. The minimum Gasteiger partial charge on any atom is -0.452 e. The third kappa shape index (κ3) is 3.09. The summed E-state index contributed by atoms with van der Waals surface area (Å²) >= 11 is 0. The highest BCUT2D eigenvalue weighted by molar-refractivity contribution is 5.96. The van der Waals surface area contributed by atoms with Gasteiger partial charge in [0.2, 0.25) is 0 Å². The number of hydrogen-bond donors (Lipinski definition) is 1. The molecule has 9 nitrogen and oxygen atoms in total. The Hall–Kier alpha value is -3.23. The number of amides is 1. The molecule has 0 aromatic carbocycles. The number of esters is 1. The number of pyridine rings is 1. The molecule has 0 saturated heterocycles. The Bertz CT molecular complexity index is 927. The fourth-order valence-electron chi connectivity index (χ4n) is 2.24. The Morgan fingerprint density at radius 3 is 2.83 bits per heavy atom. The zero-order valence-electron chi connectivity index (χ0n) is 13.4. The van der Waals surface area contributed by atoms with Gasteiger partial charge in [-0.05, 0) is 19.9 Å². The van der Waals surface area contributed by atoms with Crippen LogP contribution >= 0.6 is 0 Å². The van der Waals surface area contributed by atoms with Crippen molar-refractivity contribution in [3.05, 3.63) is 35.3 Å². The van der Waals surface area contributed by atoms with Crippen molar-refractivity contribution in [1.82, 2.24) is 19.9 Å². The summed E-state index contributed by atoms with van der Waals surface area (Å²) in [4.78, 5) is 28.0. The van der Waals surface area contributed by atoms with Gasteiger partial charge in [-0.15, -0.1) is 0 Å². The van der Waals surface area contributed by atoms with E-state index >= 15 is 0 Å². The molecule has 3 heterocycles. The van der Waals surface area contributed by atoms with Gasteiger partial charge in [0.25, 0.3) is 5.91 Å². The van der Waals surface area contributed by atoms with E-state index in [1.807, 2.05) is 6.92 Å². The van der Waals surface area contributed by atoms with Crippen molar-refractivity contribution in [2.75, 3.05) is 11.9 Å². The van der Waals surface area contributed by atoms with E-state index in [2.05, 4.69) is 20.6 Å². The molecule has 0 spiro atoms. The number of ether oxygens (including phenoxy) is 1. The van der Waals surface area contributed by atoms with E-state index in [1.165, 1.54) is 6.20 Å². The van der Waals surface area contributed by atoms with E-state index in [0.29, 0.717) is 11.4 Å². The number of aromatic nitrogens is 4. The fourth-order valence-corrected chi connectivity index (χ4v) is 2.24. The van der Waals surface area contributed by atoms with E-state index in [0.717, 1.165) is 11.1 Å². The number of hydrogen-bond acceptors (Lipinski definition) is 7. The summed E-state index contributed by atoms with van der Waals surface area (Å²) in [6.45, 7) is 3.09. The molecule has 9 heteroatoms. The first-order valence-corrected chi connectivity index (χ1v) is 7.13. The van der Waals surface area contributed by atoms with Crippen LogP contribution in [0.1, 0.15) is 21.8 Å². The first-order chi connectivity index (χ1) is 11.4. The highest BCUT2D eigenvalue weighted by atomic mass is 16.5. The van der Waals surface area contributed by atoms with Crippen molar-refractivity contribution in [2.24, 2.45) is 7.05 Å². The molecule has 0 radical (unpaired) electrons. The van der Waals surface area contributed by atoms with Gasteiger partial charge in [-0.25, -0.2) is 9.78 Å². The molecule has 0 fully saturated rings. The molecule has 0 atom stereocenters. The van der Waals surface area contributed by atoms with Crippen molar-refractivity contribution >= 4 is 28.7 Å². The summed E-state index contributed by atoms with van der Waals surface area (Å²) < 4.78 is 11.4. The van der Waals surface area contributed by atoms with Crippen LogP contribution in [0.2, 0.25) is 0 Å². The van der Waals surface area contributed by atoms with Crippen molar-refractivity contribution in [3.8, 4) is 0 Å². The number of aryl methyl sites for hydroxylation is 3. The minimum absolute atomic E-state index is 0.253. The summed E-state index contributed by atoms with van der Waals surface area (Å²) in [5.74, 6) is -0.321. The molecule has 0 saturated carbocycles. The van der Waals surface area contributed by atoms with E-state index in [1.54, 1.807) is 30.8 Å². The number of rotatable bonds is 4. The molecule has 3 rings (SSSR count). The molecule has 1 amide bonds. The average Bonchev–Trinajstić information content (AvgIpc) is 3.08. The van der Waals surface area contributed by atoms with Gasteiger partial charge in [0.05, 0.1) is 11.3 Å². The van der Waals surface area contributed by atoms with E-state index < -0.39 is 18.5 Å². The zero-order valence-corrected chi connectivity index (χ0v) is 13.4. The van der Waals surface area contributed by atoms with Crippen LogP contribution in [0.4, 0.5) is 5.82 Å². The maximum absolute atomic E-state index is 12.1. The Morgan fingerprint density at radius 1 is 1.33 bits per heavy atom. The topological polar surface area (TPSA) is 112 Å². The average molecular weight is 329 g/mol. The molecule has 3 aromatic heterocycles. The van der Waals surface area contributed by atoms with Gasteiger partial charge in [0, 0.05) is 24.7 Å². The quantitative estimate of drug-likeness (QED) is 0.719. The lowest BCUT2D eigenvalue weighted by molar-refractivity contribution is -0.119. The van der Waals surface area contributed by atoms with Gasteiger partial charge < -0.3 is 14.6 Å². The third-order valence-electron chi connectivity index (χ3n) is 3.33. The number of carbonyl (C=O) groups excluding carboxylic acids is 2. The number of anilines is 1. The van der Waals surface area contributed by atoms with E-state index in [4.69, 9.17) is 9.26 Å². The maximum Gasteiger partial charge on any atom is 0.340 e. The highest BCUT2D eigenvalue weighted by Crippen LogP contribution is 2.17. The van der Waals surface area contributed by atoms with E-state index in [-0.39, 0.29) is 11.4 Å². The zero-order chi connectivity index (χ0) is 17.3.